The Hall–Kier alpha value is -4.14. The van der Waals surface area contributed by atoms with E-state index in [0.717, 1.165) is 71.7 Å². The van der Waals surface area contributed by atoms with Crippen molar-refractivity contribution in [2.75, 3.05) is 56.7 Å². The first kappa shape index (κ1) is 24.2. The third-order valence-corrected chi connectivity index (χ3v) is 7.11. The van der Waals surface area contributed by atoms with Gasteiger partial charge in [0.1, 0.15) is 11.4 Å². The molecular formula is C30H32N6O2. The molecule has 2 aromatic heterocycles. The maximum atomic E-state index is 14.3. The Morgan fingerprint density at radius 2 is 1.76 bits per heavy atom. The molecule has 0 bridgehead atoms. The summed E-state index contributed by atoms with van der Waals surface area (Å²) in [6.07, 6.45) is 0. The van der Waals surface area contributed by atoms with Crippen LogP contribution in [0.5, 0.6) is 0 Å². The number of morpholine rings is 1. The summed E-state index contributed by atoms with van der Waals surface area (Å²) in [5.74, 6) is 0.573. The van der Waals surface area contributed by atoms with Crippen molar-refractivity contribution in [1.29, 1.82) is 0 Å². The number of anilines is 2. The van der Waals surface area contributed by atoms with Crippen LogP contribution in [0.25, 0.3) is 33.3 Å². The molecule has 0 saturated carbocycles. The van der Waals surface area contributed by atoms with Gasteiger partial charge in [0.05, 0.1) is 42.0 Å². The number of hydrogen-bond acceptors (Lipinski definition) is 6. The zero-order valence-corrected chi connectivity index (χ0v) is 21.5. The van der Waals surface area contributed by atoms with E-state index >= 15 is 0 Å². The van der Waals surface area contributed by atoms with Gasteiger partial charge < -0.3 is 29.8 Å². The number of likely N-dealkylation sites (N-methyl/N-ethyl adjacent to an activating group) is 1. The van der Waals surface area contributed by atoms with Gasteiger partial charge in [0.25, 0.3) is 5.56 Å². The van der Waals surface area contributed by atoms with Gasteiger partial charge in [-0.15, -0.1) is 0 Å². The van der Waals surface area contributed by atoms with Crippen molar-refractivity contribution in [3.63, 3.8) is 0 Å². The molecule has 1 aliphatic heterocycles. The van der Waals surface area contributed by atoms with Crippen molar-refractivity contribution in [2.45, 2.75) is 6.54 Å². The molecule has 194 valence electrons. The molecule has 0 unspecified atom stereocenters. The predicted octanol–water partition coefficient (Wildman–Crippen LogP) is 4.06. The number of fused-ring (bicyclic) bond motifs is 2. The van der Waals surface area contributed by atoms with Crippen molar-refractivity contribution in [1.82, 2.24) is 19.9 Å². The number of nitrogens with zero attached hydrogens (tertiary/aromatic N) is 3. The molecular weight excluding hydrogens is 476 g/mol. The van der Waals surface area contributed by atoms with Gasteiger partial charge in [-0.25, -0.2) is 4.98 Å². The predicted molar refractivity (Wildman–Crippen MR) is 154 cm³/mol. The number of benzene rings is 3. The van der Waals surface area contributed by atoms with Crippen LogP contribution in [0.2, 0.25) is 0 Å². The number of nitrogens with one attached hydrogen (secondary N) is 3. The highest BCUT2D eigenvalue weighted by Gasteiger charge is 2.21. The number of para-hydroxylation sites is 1. The van der Waals surface area contributed by atoms with Gasteiger partial charge in [-0.05, 0) is 36.9 Å². The summed E-state index contributed by atoms with van der Waals surface area (Å²) in [6.45, 7) is 5.10. The Morgan fingerprint density at radius 1 is 0.974 bits per heavy atom. The Morgan fingerprint density at radius 3 is 2.58 bits per heavy atom. The van der Waals surface area contributed by atoms with Crippen LogP contribution in [0.4, 0.5) is 11.4 Å². The summed E-state index contributed by atoms with van der Waals surface area (Å²) in [4.78, 5) is 25.0. The van der Waals surface area contributed by atoms with Crippen LogP contribution in [0, 0.1) is 0 Å². The topological polar surface area (TPSA) is 87.2 Å². The molecule has 8 nitrogen and oxygen atoms in total. The van der Waals surface area contributed by atoms with Crippen molar-refractivity contribution in [3.05, 3.63) is 88.7 Å². The molecule has 8 heteroatoms. The SMILES string of the molecule is CNCCNc1c(-c2nc3ccc(N4CCOCC4)cc3[nH]2)c(=O)n(Cc2ccccc2)c2ccccc12. The van der Waals surface area contributed by atoms with Crippen LogP contribution in [-0.2, 0) is 11.3 Å². The summed E-state index contributed by atoms with van der Waals surface area (Å²) < 4.78 is 7.37. The molecule has 0 aliphatic carbocycles. The molecule has 1 fully saturated rings. The third kappa shape index (κ3) is 4.64. The van der Waals surface area contributed by atoms with Crippen molar-refractivity contribution in [3.8, 4) is 11.4 Å². The molecule has 1 aliphatic rings. The summed E-state index contributed by atoms with van der Waals surface area (Å²) >= 11 is 0. The van der Waals surface area contributed by atoms with Crippen molar-refractivity contribution in [2.24, 2.45) is 0 Å². The number of pyridine rings is 1. The van der Waals surface area contributed by atoms with E-state index in [4.69, 9.17) is 9.72 Å². The third-order valence-electron chi connectivity index (χ3n) is 7.11. The quantitative estimate of drug-likeness (QED) is 0.274. The fourth-order valence-electron chi connectivity index (χ4n) is 5.18. The first-order valence-corrected chi connectivity index (χ1v) is 13.1. The van der Waals surface area contributed by atoms with Crippen LogP contribution in [0.15, 0.2) is 77.6 Å². The van der Waals surface area contributed by atoms with E-state index < -0.39 is 0 Å². The van der Waals surface area contributed by atoms with Crippen molar-refractivity contribution < 1.29 is 4.74 Å². The normalized spacial score (nSPS) is 13.9. The molecule has 3 heterocycles. The van der Waals surface area contributed by atoms with E-state index in [9.17, 15) is 4.79 Å². The highest BCUT2D eigenvalue weighted by Crippen LogP contribution is 2.33. The molecule has 1 saturated heterocycles. The lowest BCUT2D eigenvalue weighted by Crippen LogP contribution is -2.36. The fraction of sp³-hybridized carbons (Fsp3) is 0.267. The van der Waals surface area contributed by atoms with E-state index in [1.165, 1.54) is 0 Å². The fourth-order valence-corrected chi connectivity index (χ4v) is 5.18. The first-order chi connectivity index (χ1) is 18.7. The van der Waals surface area contributed by atoms with Gasteiger partial charge in [-0.2, -0.15) is 0 Å². The van der Waals surface area contributed by atoms with E-state index in [1.54, 1.807) is 0 Å². The second-order valence-corrected chi connectivity index (χ2v) is 9.56. The van der Waals surface area contributed by atoms with E-state index in [1.807, 2.05) is 66.2 Å². The van der Waals surface area contributed by atoms with Gasteiger partial charge >= 0.3 is 0 Å². The van der Waals surface area contributed by atoms with Crippen LogP contribution < -0.4 is 21.1 Å². The van der Waals surface area contributed by atoms with Crippen molar-refractivity contribution >= 4 is 33.3 Å². The summed E-state index contributed by atoms with van der Waals surface area (Å²) in [7, 11) is 1.92. The molecule has 0 amide bonds. The smallest absolute Gasteiger partial charge is 0.264 e. The van der Waals surface area contributed by atoms with Crippen LogP contribution in [0.1, 0.15) is 5.56 Å². The van der Waals surface area contributed by atoms with Crippen LogP contribution in [-0.4, -0.2) is 61.0 Å². The molecule has 38 heavy (non-hydrogen) atoms. The van der Waals surface area contributed by atoms with Crippen LogP contribution >= 0.6 is 0 Å². The molecule has 6 rings (SSSR count). The van der Waals surface area contributed by atoms with E-state index in [2.05, 4.69) is 38.7 Å². The number of imidazole rings is 1. The number of rotatable bonds is 8. The van der Waals surface area contributed by atoms with Gasteiger partial charge in [0.15, 0.2) is 0 Å². The molecule has 0 atom stereocenters. The lowest BCUT2D eigenvalue weighted by Gasteiger charge is -2.28. The molecule has 0 radical (unpaired) electrons. The minimum absolute atomic E-state index is 0.0769. The number of aromatic amines is 1. The second kappa shape index (κ2) is 10.7. The van der Waals surface area contributed by atoms with Gasteiger partial charge in [-0.3, -0.25) is 4.79 Å². The Kier molecular flexibility index (Phi) is 6.81. The summed E-state index contributed by atoms with van der Waals surface area (Å²) in [5, 5.41) is 7.71. The number of hydrogen-bond donors (Lipinski definition) is 3. The average molecular weight is 509 g/mol. The Bertz CT molecular complexity index is 1620. The Balaban J connectivity index is 1.52. The van der Waals surface area contributed by atoms with E-state index in [0.29, 0.717) is 24.5 Å². The van der Waals surface area contributed by atoms with Gasteiger partial charge in [0.2, 0.25) is 0 Å². The lowest BCUT2D eigenvalue weighted by molar-refractivity contribution is 0.122. The molecule has 0 spiro atoms. The molecule has 5 aromatic rings. The number of aromatic nitrogens is 3. The Labute approximate surface area is 221 Å². The maximum absolute atomic E-state index is 14.3. The summed E-state index contributed by atoms with van der Waals surface area (Å²) in [5.41, 5.74) is 6.12. The molecule has 3 N–H and O–H groups in total. The second-order valence-electron chi connectivity index (χ2n) is 9.56. The van der Waals surface area contributed by atoms with Crippen LogP contribution in [0.3, 0.4) is 0 Å². The van der Waals surface area contributed by atoms with E-state index in [-0.39, 0.29) is 5.56 Å². The first-order valence-electron chi connectivity index (χ1n) is 13.1. The zero-order chi connectivity index (χ0) is 25.9. The zero-order valence-electron chi connectivity index (χ0n) is 21.5. The highest BCUT2D eigenvalue weighted by molar-refractivity contribution is 5.99. The average Bonchev–Trinajstić information content (AvgIpc) is 3.39. The minimum atomic E-state index is -0.0769. The van der Waals surface area contributed by atoms with Gasteiger partial charge in [0, 0.05) is 37.3 Å². The molecule has 3 aromatic carbocycles. The maximum Gasteiger partial charge on any atom is 0.264 e. The minimum Gasteiger partial charge on any atom is -0.382 e. The number of ether oxygens (including phenoxy) is 1. The largest absolute Gasteiger partial charge is 0.382 e. The summed E-state index contributed by atoms with van der Waals surface area (Å²) in [6, 6.07) is 24.4. The number of H-pyrrole nitrogens is 1. The highest BCUT2D eigenvalue weighted by atomic mass is 16.5. The van der Waals surface area contributed by atoms with Gasteiger partial charge in [-0.1, -0.05) is 48.5 Å². The lowest BCUT2D eigenvalue weighted by atomic mass is 10.1. The standard InChI is InChI=1S/C30H32N6O2/c1-31-13-14-32-28-23-9-5-6-10-26(23)36(20-21-7-3-2-4-8-21)30(37)27(28)29-33-24-12-11-22(19-25(24)34-29)35-15-17-38-18-16-35/h2-12,19,31-32H,13-18,20H2,1H3,(H,33,34). The monoisotopic (exact) mass is 508 g/mol.